The van der Waals surface area contributed by atoms with Crippen LogP contribution in [0.15, 0.2) is 48.5 Å². The van der Waals surface area contributed by atoms with E-state index in [1.807, 2.05) is 18.2 Å². The highest BCUT2D eigenvalue weighted by Gasteiger charge is 2.30. The highest BCUT2D eigenvalue weighted by atomic mass is 19.4. The molecule has 0 unspecified atom stereocenters. The van der Waals surface area contributed by atoms with Gasteiger partial charge in [-0.1, -0.05) is 36.4 Å². The molecule has 4 nitrogen and oxygen atoms in total. The SMILES string of the molecule is O=C(Cc1cccc(C(F)(F)F)c1)Nc1ccccc1CN1CCOCC1. The molecule has 1 aliphatic heterocycles. The largest absolute Gasteiger partial charge is 0.416 e. The zero-order valence-corrected chi connectivity index (χ0v) is 14.8. The van der Waals surface area contributed by atoms with Crippen molar-refractivity contribution in [1.82, 2.24) is 4.90 Å². The van der Waals surface area contributed by atoms with E-state index in [1.165, 1.54) is 12.1 Å². The minimum Gasteiger partial charge on any atom is -0.379 e. The molecule has 0 saturated carbocycles. The van der Waals surface area contributed by atoms with Crippen molar-refractivity contribution in [1.29, 1.82) is 0 Å². The summed E-state index contributed by atoms with van der Waals surface area (Å²) in [4.78, 5) is 14.6. The summed E-state index contributed by atoms with van der Waals surface area (Å²) in [5.74, 6) is -0.344. The minimum atomic E-state index is -4.42. The number of ether oxygens (including phenoxy) is 1. The van der Waals surface area contributed by atoms with Gasteiger partial charge < -0.3 is 10.1 Å². The summed E-state index contributed by atoms with van der Waals surface area (Å²) in [7, 11) is 0. The Kier molecular flexibility index (Phi) is 6.13. The van der Waals surface area contributed by atoms with Crippen LogP contribution in [0.1, 0.15) is 16.7 Å². The molecule has 0 bridgehead atoms. The van der Waals surface area contributed by atoms with E-state index in [0.29, 0.717) is 31.0 Å². The van der Waals surface area contributed by atoms with Crippen LogP contribution in [0.3, 0.4) is 0 Å². The number of hydrogen-bond acceptors (Lipinski definition) is 3. The average molecular weight is 378 g/mol. The monoisotopic (exact) mass is 378 g/mol. The molecule has 7 heteroatoms. The fraction of sp³-hybridized carbons (Fsp3) is 0.350. The van der Waals surface area contributed by atoms with Crippen LogP contribution in [-0.4, -0.2) is 37.1 Å². The second-order valence-corrected chi connectivity index (χ2v) is 6.47. The molecule has 1 fully saturated rings. The van der Waals surface area contributed by atoms with Crippen LogP contribution in [0.4, 0.5) is 18.9 Å². The predicted molar refractivity (Wildman–Crippen MR) is 96.3 cm³/mol. The van der Waals surface area contributed by atoms with E-state index in [-0.39, 0.29) is 12.3 Å². The molecule has 2 aromatic carbocycles. The highest BCUT2D eigenvalue weighted by Crippen LogP contribution is 2.29. The van der Waals surface area contributed by atoms with Gasteiger partial charge in [-0.05, 0) is 23.3 Å². The number of benzene rings is 2. The maximum Gasteiger partial charge on any atom is 0.416 e. The molecule has 144 valence electrons. The van der Waals surface area contributed by atoms with Gasteiger partial charge in [0.2, 0.25) is 5.91 Å². The Labute approximate surface area is 155 Å². The van der Waals surface area contributed by atoms with E-state index in [2.05, 4.69) is 10.2 Å². The standard InChI is InChI=1S/C20H21F3N2O2/c21-20(22,23)17-6-3-4-15(12-17)13-19(26)24-18-7-2-1-5-16(18)14-25-8-10-27-11-9-25/h1-7,12H,8-11,13-14H2,(H,24,26). The molecule has 0 atom stereocenters. The molecular weight excluding hydrogens is 357 g/mol. The Morgan fingerprint density at radius 1 is 1.07 bits per heavy atom. The van der Waals surface area contributed by atoms with E-state index in [4.69, 9.17) is 4.74 Å². The van der Waals surface area contributed by atoms with Gasteiger partial charge in [-0.2, -0.15) is 13.2 Å². The fourth-order valence-electron chi connectivity index (χ4n) is 3.02. The lowest BCUT2D eigenvalue weighted by molar-refractivity contribution is -0.137. The molecule has 2 aromatic rings. The number of nitrogens with one attached hydrogen (secondary N) is 1. The highest BCUT2D eigenvalue weighted by molar-refractivity contribution is 5.93. The van der Waals surface area contributed by atoms with Gasteiger partial charge in [-0.3, -0.25) is 9.69 Å². The first kappa shape index (κ1) is 19.4. The summed E-state index contributed by atoms with van der Waals surface area (Å²) in [6, 6.07) is 12.3. The summed E-state index contributed by atoms with van der Waals surface area (Å²) < 4.78 is 43.8. The minimum absolute atomic E-state index is 0.115. The molecule has 0 aromatic heterocycles. The fourth-order valence-corrected chi connectivity index (χ4v) is 3.02. The van der Waals surface area contributed by atoms with Gasteiger partial charge in [-0.15, -0.1) is 0 Å². The topological polar surface area (TPSA) is 41.6 Å². The molecule has 0 spiro atoms. The number of para-hydroxylation sites is 1. The van der Waals surface area contributed by atoms with Gasteiger partial charge in [-0.25, -0.2) is 0 Å². The van der Waals surface area contributed by atoms with Crippen LogP contribution < -0.4 is 5.32 Å². The first-order chi connectivity index (χ1) is 12.9. The summed E-state index contributed by atoms with van der Waals surface area (Å²) in [6.07, 6.45) is -4.53. The van der Waals surface area contributed by atoms with Crippen molar-refractivity contribution in [2.24, 2.45) is 0 Å². The Morgan fingerprint density at radius 2 is 1.81 bits per heavy atom. The predicted octanol–water partition coefficient (Wildman–Crippen LogP) is 3.72. The van der Waals surface area contributed by atoms with Crippen molar-refractivity contribution >= 4 is 11.6 Å². The first-order valence-electron chi connectivity index (χ1n) is 8.76. The van der Waals surface area contributed by atoms with E-state index >= 15 is 0 Å². The first-order valence-corrected chi connectivity index (χ1v) is 8.76. The number of nitrogens with zero attached hydrogens (tertiary/aromatic N) is 1. The molecule has 1 saturated heterocycles. The summed E-state index contributed by atoms with van der Waals surface area (Å²) in [5, 5.41) is 2.83. The van der Waals surface area contributed by atoms with Crippen molar-refractivity contribution < 1.29 is 22.7 Å². The quantitative estimate of drug-likeness (QED) is 0.862. The lowest BCUT2D eigenvalue weighted by Crippen LogP contribution is -2.35. The number of hydrogen-bond donors (Lipinski definition) is 1. The number of amides is 1. The molecule has 3 rings (SSSR count). The van der Waals surface area contributed by atoms with Crippen molar-refractivity contribution in [3.8, 4) is 0 Å². The van der Waals surface area contributed by atoms with Gasteiger partial charge in [0.25, 0.3) is 0 Å². The molecule has 1 heterocycles. The normalized spacial score (nSPS) is 15.5. The third-order valence-electron chi connectivity index (χ3n) is 4.41. The van der Waals surface area contributed by atoms with Gasteiger partial charge in [0.1, 0.15) is 0 Å². The summed E-state index contributed by atoms with van der Waals surface area (Å²) in [5.41, 5.74) is 1.23. The molecule has 1 N–H and O–H groups in total. The van der Waals surface area contributed by atoms with Crippen molar-refractivity contribution in [3.05, 3.63) is 65.2 Å². The zero-order valence-electron chi connectivity index (χ0n) is 14.8. The molecule has 1 aliphatic rings. The van der Waals surface area contributed by atoms with E-state index < -0.39 is 11.7 Å². The number of carbonyl (C=O) groups excluding carboxylic acids is 1. The number of carbonyl (C=O) groups is 1. The Hall–Kier alpha value is -2.38. The number of rotatable bonds is 5. The average Bonchev–Trinajstić information content (AvgIpc) is 2.64. The number of morpholine rings is 1. The number of anilines is 1. The number of halogens is 3. The third kappa shape index (κ3) is 5.55. The smallest absolute Gasteiger partial charge is 0.379 e. The summed E-state index contributed by atoms with van der Waals surface area (Å²) in [6.45, 7) is 3.70. The van der Waals surface area contributed by atoms with Gasteiger partial charge in [0.15, 0.2) is 0 Å². The van der Waals surface area contributed by atoms with Gasteiger partial charge in [0, 0.05) is 25.3 Å². The maximum atomic E-state index is 12.8. The molecular formula is C20H21F3N2O2. The van der Waals surface area contributed by atoms with Crippen LogP contribution >= 0.6 is 0 Å². The Morgan fingerprint density at radius 3 is 2.56 bits per heavy atom. The van der Waals surface area contributed by atoms with Crippen LogP contribution in [-0.2, 0) is 28.7 Å². The lowest BCUT2D eigenvalue weighted by atomic mass is 10.1. The second-order valence-electron chi connectivity index (χ2n) is 6.47. The van der Waals surface area contributed by atoms with Crippen molar-refractivity contribution in [2.75, 3.05) is 31.6 Å². The molecule has 1 amide bonds. The van der Waals surface area contributed by atoms with E-state index in [1.54, 1.807) is 6.07 Å². The lowest BCUT2D eigenvalue weighted by Gasteiger charge is -2.27. The van der Waals surface area contributed by atoms with Crippen molar-refractivity contribution in [2.45, 2.75) is 19.1 Å². The van der Waals surface area contributed by atoms with Crippen LogP contribution in [0.5, 0.6) is 0 Å². The van der Waals surface area contributed by atoms with Crippen LogP contribution in [0, 0.1) is 0 Å². The Bertz CT molecular complexity index is 787. The molecule has 0 radical (unpaired) electrons. The van der Waals surface area contributed by atoms with Gasteiger partial charge in [0.05, 0.1) is 25.2 Å². The van der Waals surface area contributed by atoms with E-state index in [9.17, 15) is 18.0 Å². The summed E-state index contributed by atoms with van der Waals surface area (Å²) >= 11 is 0. The second kappa shape index (κ2) is 8.54. The molecule has 27 heavy (non-hydrogen) atoms. The zero-order chi connectivity index (χ0) is 19.3. The molecule has 0 aliphatic carbocycles. The third-order valence-corrected chi connectivity index (χ3v) is 4.41. The van der Waals surface area contributed by atoms with Gasteiger partial charge >= 0.3 is 6.18 Å². The Balaban J connectivity index is 1.66. The van der Waals surface area contributed by atoms with Crippen LogP contribution in [0.2, 0.25) is 0 Å². The van der Waals surface area contributed by atoms with Crippen LogP contribution in [0.25, 0.3) is 0 Å². The van der Waals surface area contributed by atoms with Crippen molar-refractivity contribution in [3.63, 3.8) is 0 Å². The number of alkyl halides is 3. The maximum absolute atomic E-state index is 12.8. The van der Waals surface area contributed by atoms with E-state index in [0.717, 1.165) is 30.8 Å².